The van der Waals surface area contributed by atoms with Gasteiger partial charge >= 0.3 is 0 Å². The minimum Gasteiger partial charge on any atom is -0.372 e. The van der Waals surface area contributed by atoms with Gasteiger partial charge in [0, 0.05) is 6.54 Å². The quantitative estimate of drug-likeness (QED) is 0.523. The number of rotatable bonds is 3. The SMILES string of the molecule is CS(=O)(=O)NC[C@H]1CO1. The van der Waals surface area contributed by atoms with Crippen LogP contribution in [-0.2, 0) is 14.8 Å². The van der Waals surface area contributed by atoms with E-state index in [4.69, 9.17) is 4.74 Å². The Balaban J connectivity index is 2.18. The predicted octanol–water partition coefficient (Wildman–Crippen LogP) is -1.07. The van der Waals surface area contributed by atoms with Crippen LogP contribution in [0.3, 0.4) is 0 Å². The first-order valence-electron chi connectivity index (χ1n) is 2.64. The Bertz CT molecular complexity index is 182. The third-order valence-electron chi connectivity index (χ3n) is 0.976. The van der Waals surface area contributed by atoms with Crippen molar-refractivity contribution in [2.45, 2.75) is 6.10 Å². The minimum atomic E-state index is -3.01. The Morgan fingerprint density at radius 1 is 1.78 bits per heavy atom. The summed E-state index contributed by atoms with van der Waals surface area (Å²) in [6.07, 6.45) is 1.26. The van der Waals surface area contributed by atoms with Crippen molar-refractivity contribution >= 4 is 10.0 Å². The van der Waals surface area contributed by atoms with Gasteiger partial charge in [0.25, 0.3) is 0 Å². The van der Waals surface area contributed by atoms with E-state index in [1.807, 2.05) is 0 Å². The molecule has 0 unspecified atom stereocenters. The second-order valence-corrected chi connectivity index (χ2v) is 3.91. The third-order valence-corrected chi connectivity index (χ3v) is 1.67. The van der Waals surface area contributed by atoms with Gasteiger partial charge in [-0.1, -0.05) is 0 Å². The summed E-state index contributed by atoms with van der Waals surface area (Å²) in [5.41, 5.74) is 0. The van der Waals surface area contributed by atoms with E-state index < -0.39 is 10.0 Å². The Morgan fingerprint density at radius 3 is 2.67 bits per heavy atom. The lowest BCUT2D eigenvalue weighted by Crippen LogP contribution is -2.26. The van der Waals surface area contributed by atoms with E-state index in [2.05, 4.69) is 4.72 Å². The van der Waals surface area contributed by atoms with E-state index in [1.165, 1.54) is 0 Å². The van der Waals surface area contributed by atoms with E-state index in [0.717, 1.165) is 6.26 Å². The van der Waals surface area contributed by atoms with Crippen LogP contribution in [0, 0.1) is 0 Å². The van der Waals surface area contributed by atoms with Crippen LogP contribution < -0.4 is 4.72 Å². The first-order valence-corrected chi connectivity index (χ1v) is 4.53. The molecule has 1 aliphatic heterocycles. The van der Waals surface area contributed by atoms with Gasteiger partial charge in [-0.15, -0.1) is 0 Å². The molecular formula is C4H9NO3S. The number of hydrogen-bond acceptors (Lipinski definition) is 3. The second-order valence-electron chi connectivity index (χ2n) is 2.08. The molecule has 1 heterocycles. The highest BCUT2D eigenvalue weighted by atomic mass is 32.2. The van der Waals surface area contributed by atoms with Gasteiger partial charge in [-0.3, -0.25) is 0 Å². The first kappa shape index (κ1) is 6.98. The van der Waals surface area contributed by atoms with E-state index in [-0.39, 0.29) is 6.10 Å². The van der Waals surface area contributed by atoms with Gasteiger partial charge in [0.05, 0.1) is 19.0 Å². The Hall–Kier alpha value is -0.130. The van der Waals surface area contributed by atoms with Crippen molar-refractivity contribution < 1.29 is 13.2 Å². The summed E-state index contributed by atoms with van der Waals surface area (Å²) < 4.78 is 27.9. The zero-order valence-electron chi connectivity index (χ0n) is 5.12. The monoisotopic (exact) mass is 151 g/mol. The highest BCUT2D eigenvalue weighted by Gasteiger charge is 2.22. The van der Waals surface area contributed by atoms with E-state index in [9.17, 15) is 8.42 Å². The molecule has 1 fully saturated rings. The molecule has 4 nitrogen and oxygen atoms in total. The Morgan fingerprint density at radius 2 is 2.33 bits per heavy atom. The zero-order valence-corrected chi connectivity index (χ0v) is 5.94. The Labute approximate surface area is 54.3 Å². The molecule has 5 heteroatoms. The average molecular weight is 151 g/mol. The molecule has 0 aliphatic carbocycles. The Kier molecular flexibility index (Phi) is 1.74. The maximum absolute atomic E-state index is 10.4. The van der Waals surface area contributed by atoms with Crippen LogP contribution in [0.5, 0.6) is 0 Å². The fraction of sp³-hybridized carbons (Fsp3) is 1.00. The summed E-state index contributed by atoms with van der Waals surface area (Å²) in [5, 5.41) is 0. The molecule has 9 heavy (non-hydrogen) atoms. The molecule has 1 saturated heterocycles. The van der Waals surface area contributed by atoms with Gasteiger partial charge < -0.3 is 4.74 Å². The lowest BCUT2D eigenvalue weighted by Gasteiger charge is -1.95. The maximum Gasteiger partial charge on any atom is 0.208 e. The minimum absolute atomic E-state index is 0.125. The molecular weight excluding hydrogens is 142 g/mol. The topological polar surface area (TPSA) is 58.7 Å². The fourth-order valence-electron chi connectivity index (χ4n) is 0.430. The van der Waals surface area contributed by atoms with Gasteiger partial charge in [-0.2, -0.15) is 0 Å². The number of nitrogens with one attached hydrogen (secondary N) is 1. The molecule has 0 bridgehead atoms. The third kappa shape index (κ3) is 3.45. The summed E-state index contributed by atoms with van der Waals surface area (Å²) in [6.45, 7) is 1.10. The van der Waals surface area contributed by atoms with Crippen molar-refractivity contribution in [2.24, 2.45) is 0 Å². The molecule has 0 saturated carbocycles. The number of sulfonamides is 1. The molecule has 0 spiro atoms. The van der Waals surface area contributed by atoms with Crippen LogP contribution in [-0.4, -0.2) is 33.9 Å². The summed E-state index contributed by atoms with van der Waals surface area (Å²) in [6, 6.07) is 0. The van der Waals surface area contributed by atoms with Crippen molar-refractivity contribution in [3.63, 3.8) is 0 Å². The van der Waals surface area contributed by atoms with Gasteiger partial charge in [-0.25, -0.2) is 13.1 Å². The average Bonchev–Trinajstić information content (AvgIpc) is 2.38. The molecule has 0 aromatic heterocycles. The lowest BCUT2D eigenvalue weighted by atomic mass is 10.5. The maximum atomic E-state index is 10.4. The highest BCUT2D eigenvalue weighted by molar-refractivity contribution is 7.88. The van der Waals surface area contributed by atoms with Crippen LogP contribution in [0.4, 0.5) is 0 Å². The first-order chi connectivity index (χ1) is 4.08. The van der Waals surface area contributed by atoms with Crippen molar-refractivity contribution in [1.82, 2.24) is 4.72 Å². The van der Waals surface area contributed by atoms with Gasteiger partial charge in [0.2, 0.25) is 10.0 Å². The van der Waals surface area contributed by atoms with Crippen LogP contribution in [0.2, 0.25) is 0 Å². The van der Waals surface area contributed by atoms with Crippen molar-refractivity contribution in [2.75, 3.05) is 19.4 Å². The van der Waals surface area contributed by atoms with Crippen molar-refractivity contribution in [3.8, 4) is 0 Å². The molecule has 0 amide bonds. The summed E-state index contributed by atoms with van der Waals surface area (Å²) >= 11 is 0. The summed E-state index contributed by atoms with van der Waals surface area (Å²) in [7, 11) is -3.01. The molecule has 0 aromatic rings. The highest BCUT2D eigenvalue weighted by Crippen LogP contribution is 2.06. The van der Waals surface area contributed by atoms with Gasteiger partial charge in [0.15, 0.2) is 0 Å². The van der Waals surface area contributed by atoms with Crippen molar-refractivity contribution in [3.05, 3.63) is 0 Å². The van der Waals surface area contributed by atoms with Gasteiger partial charge in [-0.05, 0) is 0 Å². The largest absolute Gasteiger partial charge is 0.372 e. The zero-order chi connectivity index (χ0) is 6.91. The number of ether oxygens (including phenoxy) is 1. The second kappa shape index (κ2) is 2.24. The normalized spacial score (nSPS) is 26.1. The van der Waals surface area contributed by atoms with Crippen LogP contribution in [0.25, 0.3) is 0 Å². The van der Waals surface area contributed by atoms with Crippen LogP contribution >= 0.6 is 0 Å². The smallest absolute Gasteiger partial charge is 0.208 e. The molecule has 1 aliphatic rings. The van der Waals surface area contributed by atoms with Crippen LogP contribution in [0.1, 0.15) is 0 Å². The number of hydrogen-bond donors (Lipinski definition) is 1. The molecule has 1 N–H and O–H groups in total. The van der Waals surface area contributed by atoms with Gasteiger partial charge in [0.1, 0.15) is 0 Å². The van der Waals surface area contributed by atoms with E-state index in [0.29, 0.717) is 13.2 Å². The van der Waals surface area contributed by atoms with Crippen molar-refractivity contribution in [1.29, 1.82) is 0 Å². The standard InChI is InChI=1S/C4H9NO3S/c1-9(6,7)5-2-4-3-8-4/h4-5H,2-3H2,1H3/t4-/m0/s1. The lowest BCUT2D eigenvalue weighted by molar-refractivity contribution is 0.407. The molecule has 1 rings (SSSR count). The molecule has 1 atom stereocenters. The number of epoxide rings is 1. The molecule has 54 valence electrons. The van der Waals surface area contributed by atoms with Crippen LogP contribution in [0.15, 0.2) is 0 Å². The molecule has 0 aromatic carbocycles. The summed E-state index contributed by atoms with van der Waals surface area (Å²) in [4.78, 5) is 0. The fourth-order valence-corrected chi connectivity index (χ4v) is 0.919. The molecule has 0 radical (unpaired) electrons. The van der Waals surface area contributed by atoms with E-state index >= 15 is 0 Å². The summed E-state index contributed by atoms with van der Waals surface area (Å²) in [5.74, 6) is 0. The van der Waals surface area contributed by atoms with E-state index in [1.54, 1.807) is 0 Å². The predicted molar refractivity (Wildman–Crippen MR) is 32.6 cm³/mol.